The van der Waals surface area contributed by atoms with E-state index in [1.54, 1.807) is 0 Å². The SMILES string of the molecule is c1ccc(-c2ccc(N(c3ccc(-c4cccc5ccccc45)cc3)c3ccc(-c4nc5c6ccccc6ccc5n4-c4ccccc4)cc3)cc2)cc1. The second-order valence-corrected chi connectivity index (χ2v) is 13.6. The summed E-state index contributed by atoms with van der Waals surface area (Å²) in [6, 6.07) is 75.7. The summed E-state index contributed by atoms with van der Waals surface area (Å²) in [5.74, 6) is 0.914. The van der Waals surface area contributed by atoms with Gasteiger partial charge in [-0.05, 0) is 105 Å². The molecule has 0 spiro atoms. The summed E-state index contributed by atoms with van der Waals surface area (Å²) >= 11 is 0. The van der Waals surface area contributed by atoms with Crippen LogP contribution in [0.2, 0.25) is 0 Å². The number of fused-ring (bicyclic) bond motifs is 4. The smallest absolute Gasteiger partial charge is 0.145 e. The number of anilines is 3. The van der Waals surface area contributed by atoms with Crippen molar-refractivity contribution in [1.82, 2.24) is 9.55 Å². The van der Waals surface area contributed by atoms with Crippen LogP contribution in [0.5, 0.6) is 0 Å². The molecule has 3 heteroatoms. The number of benzene rings is 9. The van der Waals surface area contributed by atoms with Gasteiger partial charge in [-0.2, -0.15) is 0 Å². The van der Waals surface area contributed by atoms with Crippen LogP contribution >= 0.6 is 0 Å². The fraction of sp³-hybridized carbons (Fsp3) is 0. The Kier molecular flexibility index (Phi) is 7.81. The molecule has 54 heavy (non-hydrogen) atoms. The monoisotopic (exact) mass is 689 g/mol. The predicted octanol–water partition coefficient (Wildman–Crippen LogP) is 13.8. The molecule has 1 aromatic heterocycles. The summed E-state index contributed by atoms with van der Waals surface area (Å²) in [7, 11) is 0. The maximum atomic E-state index is 5.33. The van der Waals surface area contributed by atoms with E-state index in [0.29, 0.717) is 0 Å². The molecule has 0 aliphatic rings. The highest BCUT2D eigenvalue weighted by Gasteiger charge is 2.18. The topological polar surface area (TPSA) is 21.1 Å². The first-order valence-electron chi connectivity index (χ1n) is 18.4. The Morgan fingerprint density at radius 1 is 0.352 bits per heavy atom. The molecule has 0 amide bonds. The van der Waals surface area contributed by atoms with Gasteiger partial charge in [-0.3, -0.25) is 4.57 Å². The largest absolute Gasteiger partial charge is 0.311 e. The highest BCUT2D eigenvalue weighted by molar-refractivity contribution is 6.06. The van der Waals surface area contributed by atoms with Crippen molar-refractivity contribution >= 4 is 49.6 Å². The lowest BCUT2D eigenvalue weighted by molar-refractivity contribution is 1.10. The molecule has 0 atom stereocenters. The molecule has 0 radical (unpaired) electrons. The summed E-state index contributed by atoms with van der Waals surface area (Å²) in [5.41, 5.74) is 12.3. The molecule has 0 aliphatic carbocycles. The van der Waals surface area contributed by atoms with Gasteiger partial charge in [0.1, 0.15) is 5.82 Å². The lowest BCUT2D eigenvalue weighted by Crippen LogP contribution is -2.10. The van der Waals surface area contributed by atoms with Crippen LogP contribution in [0.3, 0.4) is 0 Å². The van der Waals surface area contributed by atoms with Gasteiger partial charge in [-0.1, -0.05) is 146 Å². The van der Waals surface area contributed by atoms with Crippen LogP contribution in [0, 0.1) is 0 Å². The average molecular weight is 690 g/mol. The average Bonchev–Trinajstić information content (AvgIpc) is 3.65. The van der Waals surface area contributed by atoms with Gasteiger partial charge in [-0.15, -0.1) is 0 Å². The number of rotatable bonds is 7. The van der Waals surface area contributed by atoms with Gasteiger partial charge in [-0.25, -0.2) is 4.98 Å². The van der Waals surface area contributed by atoms with E-state index in [2.05, 4.69) is 222 Å². The zero-order chi connectivity index (χ0) is 35.8. The highest BCUT2D eigenvalue weighted by atomic mass is 15.1. The van der Waals surface area contributed by atoms with Gasteiger partial charge in [0.2, 0.25) is 0 Å². The van der Waals surface area contributed by atoms with E-state index in [-0.39, 0.29) is 0 Å². The van der Waals surface area contributed by atoms with Gasteiger partial charge in [0.05, 0.1) is 11.0 Å². The molecule has 0 aliphatic heterocycles. The van der Waals surface area contributed by atoms with Crippen LogP contribution in [-0.2, 0) is 0 Å². The van der Waals surface area contributed by atoms with Crippen molar-refractivity contribution in [2.75, 3.05) is 4.90 Å². The van der Waals surface area contributed by atoms with Crippen LogP contribution in [0.1, 0.15) is 0 Å². The molecule has 0 saturated heterocycles. The van der Waals surface area contributed by atoms with Crippen molar-refractivity contribution in [3.05, 3.63) is 212 Å². The molecule has 0 bridgehead atoms. The summed E-state index contributed by atoms with van der Waals surface area (Å²) in [5, 5.41) is 4.84. The Labute approximate surface area is 314 Å². The van der Waals surface area contributed by atoms with Gasteiger partial charge in [0.25, 0.3) is 0 Å². The van der Waals surface area contributed by atoms with Gasteiger partial charge in [0.15, 0.2) is 0 Å². The fourth-order valence-electron chi connectivity index (χ4n) is 7.75. The van der Waals surface area contributed by atoms with E-state index >= 15 is 0 Å². The molecule has 0 saturated carbocycles. The number of hydrogen-bond acceptors (Lipinski definition) is 2. The highest BCUT2D eigenvalue weighted by Crippen LogP contribution is 2.39. The van der Waals surface area contributed by atoms with E-state index in [1.807, 2.05) is 0 Å². The molecule has 0 fully saturated rings. The Morgan fingerprint density at radius 3 is 1.52 bits per heavy atom. The summed E-state index contributed by atoms with van der Waals surface area (Å²) in [6.07, 6.45) is 0. The molecule has 0 N–H and O–H groups in total. The molecule has 0 unspecified atom stereocenters. The minimum absolute atomic E-state index is 0.914. The van der Waals surface area contributed by atoms with Crippen LogP contribution < -0.4 is 4.90 Å². The standard InChI is InChI=1S/C51H35N3/c1-3-12-36(13-4-1)37-22-29-43(30-23-37)53(44-31-24-40(25-32-44)47-21-11-16-38-14-7-9-19-46(38)47)45-33-26-41(27-34-45)51-52-50-48-20-10-8-15-39(48)28-35-49(50)54(51)42-17-5-2-6-18-42/h1-35H. The van der Waals surface area contributed by atoms with Crippen LogP contribution in [0.25, 0.3) is 71.9 Å². The minimum Gasteiger partial charge on any atom is -0.311 e. The van der Waals surface area contributed by atoms with Crippen LogP contribution in [0.4, 0.5) is 17.1 Å². The number of nitrogens with zero attached hydrogens (tertiary/aromatic N) is 3. The molecule has 1 heterocycles. The fourth-order valence-corrected chi connectivity index (χ4v) is 7.75. The first-order chi connectivity index (χ1) is 26.8. The zero-order valence-electron chi connectivity index (χ0n) is 29.5. The van der Waals surface area contributed by atoms with Crippen molar-refractivity contribution < 1.29 is 0 Å². The third-order valence-corrected chi connectivity index (χ3v) is 10.4. The molecular formula is C51H35N3. The lowest BCUT2D eigenvalue weighted by atomic mass is 9.98. The van der Waals surface area contributed by atoms with Gasteiger partial charge < -0.3 is 4.90 Å². The normalized spacial score (nSPS) is 11.3. The molecule has 9 aromatic carbocycles. The quantitative estimate of drug-likeness (QED) is 0.166. The van der Waals surface area contributed by atoms with E-state index < -0.39 is 0 Å². The Bertz CT molecular complexity index is 2890. The maximum Gasteiger partial charge on any atom is 0.145 e. The van der Waals surface area contributed by atoms with E-state index in [0.717, 1.165) is 50.6 Å². The van der Waals surface area contributed by atoms with Crippen molar-refractivity contribution in [2.24, 2.45) is 0 Å². The van der Waals surface area contributed by atoms with Gasteiger partial charge >= 0.3 is 0 Å². The summed E-state index contributed by atoms with van der Waals surface area (Å²) in [6.45, 7) is 0. The van der Waals surface area contributed by atoms with E-state index in [4.69, 9.17) is 4.98 Å². The van der Waals surface area contributed by atoms with Crippen LogP contribution in [-0.4, -0.2) is 9.55 Å². The first kappa shape index (κ1) is 31.5. The van der Waals surface area contributed by atoms with Crippen molar-refractivity contribution in [3.63, 3.8) is 0 Å². The zero-order valence-corrected chi connectivity index (χ0v) is 29.5. The van der Waals surface area contributed by atoms with Crippen LogP contribution in [0.15, 0.2) is 212 Å². The number of para-hydroxylation sites is 1. The Morgan fingerprint density at radius 2 is 0.852 bits per heavy atom. The van der Waals surface area contributed by atoms with Crippen molar-refractivity contribution in [2.45, 2.75) is 0 Å². The molecule has 10 rings (SSSR count). The van der Waals surface area contributed by atoms with E-state index in [1.165, 1.54) is 38.4 Å². The first-order valence-corrected chi connectivity index (χ1v) is 18.4. The lowest BCUT2D eigenvalue weighted by Gasteiger charge is -2.26. The van der Waals surface area contributed by atoms with E-state index in [9.17, 15) is 0 Å². The molecule has 254 valence electrons. The third-order valence-electron chi connectivity index (χ3n) is 10.4. The van der Waals surface area contributed by atoms with Crippen molar-refractivity contribution in [3.8, 4) is 39.3 Å². The number of hydrogen-bond donors (Lipinski definition) is 0. The van der Waals surface area contributed by atoms with Gasteiger partial charge in [0, 0.05) is 33.7 Å². The second kappa shape index (κ2) is 13.4. The molecule has 3 nitrogen and oxygen atoms in total. The number of aromatic nitrogens is 2. The van der Waals surface area contributed by atoms with Crippen molar-refractivity contribution in [1.29, 1.82) is 0 Å². The third kappa shape index (κ3) is 5.60. The molecule has 10 aromatic rings. The predicted molar refractivity (Wildman–Crippen MR) is 227 cm³/mol. The maximum absolute atomic E-state index is 5.33. The summed E-state index contributed by atoms with van der Waals surface area (Å²) in [4.78, 5) is 7.66. The second-order valence-electron chi connectivity index (χ2n) is 13.6. The Balaban J connectivity index is 1.08. The minimum atomic E-state index is 0.914. The summed E-state index contributed by atoms with van der Waals surface area (Å²) < 4.78 is 2.28. The number of imidazole rings is 1. The molecular weight excluding hydrogens is 655 g/mol. The Hall–Kier alpha value is -7.23.